The summed E-state index contributed by atoms with van der Waals surface area (Å²) in [5, 5.41) is 32.1. The summed E-state index contributed by atoms with van der Waals surface area (Å²) >= 11 is 0. The molecule has 3 N–H and O–H groups in total. The SMILES string of the molecule is Cc1cc(C)c(C)c(OC[C@@]2(O)CN(CC3(O)CCCC3)CC[C@@H]2O)c1. The molecule has 0 spiro atoms. The molecular formula is C21H33NO4. The number of aryl methyl sites for hydroxylation is 2. The molecule has 26 heavy (non-hydrogen) atoms. The normalized spacial score (nSPS) is 29.1. The van der Waals surface area contributed by atoms with Gasteiger partial charge in [0.25, 0.3) is 0 Å². The Hall–Kier alpha value is -1.14. The highest BCUT2D eigenvalue weighted by Crippen LogP contribution is 2.33. The zero-order chi connectivity index (χ0) is 18.9. The first-order valence-corrected chi connectivity index (χ1v) is 9.77. The van der Waals surface area contributed by atoms with Gasteiger partial charge in [0.2, 0.25) is 0 Å². The lowest BCUT2D eigenvalue weighted by Gasteiger charge is -2.44. The van der Waals surface area contributed by atoms with Crippen molar-refractivity contribution in [1.82, 2.24) is 4.90 Å². The Morgan fingerprint density at radius 2 is 1.85 bits per heavy atom. The molecule has 3 rings (SSSR count). The van der Waals surface area contributed by atoms with Gasteiger partial charge in [-0.05, 0) is 62.8 Å². The van der Waals surface area contributed by atoms with Crippen molar-refractivity contribution in [3.63, 3.8) is 0 Å². The fourth-order valence-electron chi connectivity index (χ4n) is 4.38. The Morgan fingerprint density at radius 3 is 2.54 bits per heavy atom. The number of hydrogen-bond acceptors (Lipinski definition) is 5. The summed E-state index contributed by atoms with van der Waals surface area (Å²) in [4.78, 5) is 2.08. The molecule has 5 nitrogen and oxygen atoms in total. The Bertz CT molecular complexity index is 641. The van der Waals surface area contributed by atoms with E-state index in [2.05, 4.69) is 11.0 Å². The third-order valence-electron chi connectivity index (χ3n) is 6.13. The second-order valence-corrected chi connectivity index (χ2v) is 8.54. The van der Waals surface area contributed by atoms with Crippen molar-refractivity contribution >= 4 is 0 Å². The van der Waals surface area contributed by atoms with Crippen molar-refractivity contribution in [3.8, 4) is 5.75 Å². The van der Waals surface area contributed by atoms with Crippen LogP contribution in [-0.4, -0.2) is 63.8 Å². The van der Waals surface area contributed by atoms with Gasteiger partial charge < -0.3 is 20.1 Å². The van der Waals surface area contributed by atoms with Crippen LogP contribution < -0.4 is 4.74 Å². The molecular weight excluding hydrogens is 330 g/mol. The van der Waals surface area contributed by atoms with Gasteiger partial charge in [-0.1, -0.05) is 18.9 Å². The number of benzene rings is 1. The second kappa shape index (κ2) is 7.47. The number of aliphatic hydroxyl groups excluding tert-OH is 1. The van der Waals surface area contributed by atoms with E-state index in [1.54, 1.807) is 0 Å². The van der Waals surface area contributed by atoms with Gasteiger partial charge in [-0.3, -0.25) is 4.90 Å². The van der Waals surface area contributed by atoms with Gasteiger partial charge in [0.15, 0.2) is 0 Å². The number of ether oxygens (including phenoxy) is 1. The summed E-state index contributed by atoms with van der Waals surface area (Å²) in [6.07, 6.45) is 3.44. The lowest BCUT2D eigenvalue weighted by molar-refractivity contribution is -0.147. The number of β-amino-alcohol motifs (C(OH)–C–C–N with tert-alkyl or cyclic N) is 2. The lowest BCUT2D eigenvalue weighted by atomic mass is 9.89. The summed E-state index contributed by atoms with van der Waals surface area (Å²) in [7, 11) is 0. The van der Waals surface area contributed by atoms with E-state index in [1.165, 1.54) is 0 Å². The van der Waals surface area contributed by atoms with E-state index in [0.29, 0.717) is 26.1 Å². The zero-order valence-electron chi connectivity index (χ0n) is 16.3. The fraction of sp³-hybridized carbons (Fsp3) is 0.714. The molecule has 1 aliphatic carbocycles. The Labute approximate surface area is 156 Å². The molecule has 0 aromatic heterocycles. The maximum absolute atomic E-state index is 11.1. The van der Waals surface area contributed by atoms with Crippen molar-refractivity contribution in [2.75, 3.05) is 26.2 Å². The van der Waals surface area contributed by atoms with Crippen LogP contribution in [-0.2, 0) is 0 Å². The van der Waals surface area contributed by atoms with Crippen molar-refractivity contribution < 1.29 is 20.1 Å². The van der Waals surface area contributed by atoms with Crippen molar-refractivity contribution in [3.05, 3.63) is 28.8 Å². The largest absolute Gasteiger partial charge is 0.490 e. The van der Waals surface area contributed by atoms with Crippen LogP contribution in [0.3, 0.4) is 0 Å². The topological polar surface area (TPSA) is 73.2 Å². The maximum Gasteiger partial charge on any atom is 0.137 e. The standard InChI is InChI=1S/C21H33NO4/c1-15-10-16(2)17(3)18(11-15)26-14-21(25)13-22(9-6-19(21)23)12-20(24)7-4-5-8-20/h10-11,19,23-25H,4-9,12-14H2,1-3H3/t19-,21-/m0/s1. The first-order chi connectivity index (χ1) is 12.2. The van der Waals surface area contributed by atoms with Gasteiger partial charge in [0.1, 0.15) is 18.0 Å². The van der Waals surface area contributed by atoms with Crippen molar-refractivity contribution in [2.24, 2.45) is 0 Å². The second-order valence-electron chi connectivity index (χ2n) is 8.54. The van der Waals surface area contributed by atoms with E-state index in [4.69, 9.17) is 4.74 Å². The third kappa shape index (κ3) is 4.22. The Kier molecular flexibility index (Phi) is 5.63. The van der Waals surface area contributed by atoms with Crippen LogP contribution in [0.1, 0.15) is 48.8 Å². The molecule has 1 saturated carbocycles. The minimum absolute atomic E-state index is 0.0484. The van der Waals surface area contributed by atoms with Crippen molar-refractivity contribution in [2.45, 2.75) is 70.2 Å². The summed E-state index contributed by atoms with van der Waals surface area (Å²) < 4.78 is 5.96. The number of hydrogen-bond donors (Lipinski definition) is 3. The van der Waals surface area contributed by atoms with Crippen LogP contribution in [0, 0.1) is 20.8 Å². The third-order valence-corrected chi connectivity index (χ3v) is 6.13. The van der Waals surface area contributed by atoms with E-state index in [1.807, 2.05) is 26.8 Å². The molecule has 1 aromatic rings. The minimum Gasteiger partial charge on any atom is -0.490 e. The van der Waals surface area contributed by atoms with Crippen LogP contribution >= 0.6 is 0 Å². The first-order valence-electron chi connectivity index (χ1n) is 9.77. The van der Waals surface area contributed by atoms with Crippen LogP contribution in [0.4, 0.5) is 0 Å². The van der Waals surface area contributed by atoms with Gasteiger partial charge in [-0.25, -0.2) is 0 Å². The monoisotopic (exact) mass is 363 g/mol. The molecule has 0 unspecified atom stereocenters. The Morgan fingerprint density at radius 1 is 1.15 bits per heavy atom. The van der Waals surface area contributed by atoms with Gasteiger partial charge in [-0.15, -0.1) is 0 Å². The van der Waals surface area contributed by atoms with Crippen molar-refractivity contribution in [1.29, 1.82) is 0 Å². The molecule has 2 atom stereocenters. The zero-order valence-corrected chi connectivity index (χ0v) is 16.3. The average molecular weight is 363 g/mol. The summed E-state index contributed by atoms with van der Waals surface area (Å²) in [5.41, 5.74) is 1.36. The molecule has 0 radical (unpaired) electrons. The number of aliphatic hydroxyl groups is 3. The molecule has 0 bridgehead atoms. The van der Waals surface area contributed by atoms with E-state index < -0.39 is 17.3 Å². The molecule has 1 saturated heterocycles. The smallest absolute Gasteiger partial charge is 0.137 e. The predicted molar refractivity (Wildman–Crippen MR) is 102 cm³/mol. The minimum atomic E-state index is -1.32. The molecule has 146 valence electrons. The molecule has 0 amide bonds. The van der Waals surface area contributed by atoms with Gasteiger partial charge in [-0.2, -0.15) is 0 Å². The molecule has 5 heteroatoms. The van der Waals surface area contributed by atoms with Crippen LogP contribution in [0.15, 0.2) is 12.1 Å². The van der Waals surface area contributed by atoms with E-state index in [-0.39, 0.29) is 6.61 Å². The molecule has 1 aromatic carbocycles. The van der Waals surface area contributed by atoms with Gasteiger partial charge in [0, 0.05) is 19.6 Å². The van der Waals surface area contributed by atoms with E-state index >= 15 is 0 Å². The van der Waals surface area contributed by atoms with Crippen LogP contribution in [0.2, 0.25) is 0 Å². The van der Waals surface area contributed by atoms with Gasteiger partial charge in [0.05, 0.1) is 11.7 Å². The molecule has 2 aliphatic rings. The molecule has 2 fully saturated rings. The van der Waals surface area contributed by atoms with E-state index in [0.717, 1.165) is 48.1 Å². The maximum atomic E-state index is 11.1. The lowest BCUT2D eigenvalue weighted by Crippen LogP contribution is -2.61. The highest BCUT2D eigenvalue weighted by atomic mass is 16.5. The number of nitrogens with zero attached hydrogens (tertiary/aromatic N) is 1. The predicted octanol–water partition coefficient (Wildman–Crippen LogP) is 2.09. The molecule has 1 heterocycles. The summed E-state index contributed by atoms with van der Waals surface area (Å²) in [6, 6.07) is 4.08. The number of piperidine rings is 1. The number of likely N-dealkylation sites (tertiary alicyclic amines) is 1. The van der Waals surface area contributed by atoms with Crippen LogP contribution in [0.25, 0.3) is 0 Å². The summed E-state index contributed by atoms with van der Waals surface area (Å²) in [5.74, 6) is 0.759. The number of rotatable bonds is 5. The quantitative estimate of drug-likeness (QED) is 0.747. The first kappa shape index (κ1) is 19.6. The highest BCUT2D eigenvalue weighted by Gasteiger charge is 2.44. The Balaban J connectivity index is 1.67. The summed E-state index contributed by atoms with van der Waals surface area (Å²) in [6.45, 7) is 7.69. The van der Waals surface area contributed by atoms with Gasteiger partial charge >= 0.3 is 0 Å². The molecule has 1 aliphatic heterocycles. The average Bonchev–Trinajstić information content (AvgIpc) is 2.99. The fourth-order valence-corrected chi connectivity index (χ4v) is 4.38. The van der Waals surface area contributed by atoms with Crippen LogP contribution in [0.5, 0.6) is 5.75 Å². The van der Waals surface area contributed by atoms with E-state index in [9.17, 15) is 15.3 Å². The highest BCUT2D eigenvalue weighted by molar-refractivity contribution is 5.42.